The molecule has 31 heavy (non-hydrogen) atoms. The van der Waals surface area contributed by atoms with Gasteiger partial charge in [-0.1, -0.05) is 11.6 Å². The summed E-state index contributed by atoms with van der Waals surface area (Å²) in [5, 5.41) is 4.34. The Bertz CT molecular complexity index is 1320. The predicted octanol–water partition coefficient (Wildman–Crippen LogP) is 4.68. The first kappa shape index (κ1) is 21.1. The fraction of sp³-hybridized carbons (Fsp3) is 0.105. The molecule has 0 unspecified atom stereocenters. The third-order valence-corrected chi connectivity index (χ3v) is 5.37. The lowest BCUT2D eigenvalue weighted by atomic mass is 10.2. The minimum absolute atomic E-state index is 0.0474. The van der Waals surface area contributed by atoms with Crippen LogP contribution in [0.4, 0.5) is 17.6 Å². The lowest BCUT2D eigenvalue weighted by Gasteiger charge is -2.08. The number of aromatic nitrogens is 5. The summed E-state index contributed by atoms with van der Waals surface area (Å²) in [4.78, 5) is 23.2. The van der Waals surface area contributed by atoms with Gasteiger partial charge in [0.1, 0.15) is 16.5 Å². The molecule has 0 fully saturated rings. The molecule has 0 saturated carbocycles. The third kappa shape index (κ3) is 4.62. The molecule has 0 radical (unpaired) electrons. The largest absolute Gasteiger partial charge is 0.434 e. The molecule has 0 aliphatic carbocycles. The van der Waals surface area contributed by atoms with Crippen molar-refractivity contribution in [3.63, 3.8) is 0 Å². The van der Waals surface area contributed by atoms with Crippen molar-refractivity contribution in [3.8, 4) is 21.1 Å². The van der Waals surface area contributed by atoms with Gasteiger partial charge in [-0.2, -0.15) is 18.3 Å². The van der Waals surface area contributed by atoms with Gasteiger partial charge in [-0.3, -0.25) is 14.8 Å². The van der Waals surface area contributed by atoms with Crippen LogP contribution in [0.3, 0.4) is 0 Å². The molecule has 0 atom stereocenters. The molecule has 0 bridgehead atoms. The zero-order valence-electron chi connectivity index (χ0n) is 15.3. The molecule has 4 aromatic rings. The molecule has 0 amide bonds. The first-order chi connectivity index (χ1) is 14.7. The molecule has 4 aromatic heterocycles. The lowest BCUT2D eigenvalue weighted by Crippen LogP contribution is -2.23. The van der Waals surface area contributed by atoms with Crippen LogP contribution in [0.25, 0.3) is 21.1 Å². The Labute approximate surface area is 180 Å². The van der Waals surface area contributed by atoms with Gasteiger partial charge in [0.05, 0.1) is 22.6 Å². The van der Waals surface area contributed by atoms with Crippen molar-refractivity contribution in [1.29, 1.82) is 0 Å². The summed E-state index contributed by atoms with van der Waals surface area (Å²) in [5.74, 6) is -0.608. The van der Waals surface area contributed by atoms with E-state index < -0.39 is 23.2 Å². The quantitative estimate of drug-likeness (QED) is 0.407. The van der Waals surface area contributed by atoms with Gasteiger partial charge in [-0.15, -0.1) is 11.3 Å². The van der Waals surface area contributed by atoms with Gasteiger partial charge < -0.3 is 0 Å². The van der Waals surface area contributed by atoms with E-state index in [9.17, 15) is 22.4 Å². The van der Waals surface area contributed by atoms with Gasteiger partial charge in [0.2, 0.25) is 0 Å². The Morgan fingerprint density at radius 1 is 1.06 bits per heavy atom. The van der Waals surface area contributed by atoms with Crippen molar-refractivity contribution in [2.75, 3.05) is 0 Å². The zero-order valence-corrected chi connectivity index (χ0v) is 16.8. The monoisotopic (exact) mass is 467 g/mol. The Kier molecular flexibility index (Phi) is 5.54. The van der Waals surface area contributed by atoms with E-state index >= 15 is 0 Å². The first-order valence-electron chi connectivity index (χ1n) is 8.57. The van der Waals surface area contributed by atoms with Gasteiger partial charge in [-0.05, 0) is 23.8 Å². The van der Waals surface area contributed by atoms with Gasteiger partial charge in [0, 0.05) is 30.2 Å². The average Bonchev–Trinajstić information content (AvgIpc) is 3.16. The second kappa shape index (κ2) is 8.16. The van der Waals surface area contributed by atoms with E-state index in [2.05, 4.69) is 20.1 Å². The van der Waals surface area contributed by atoms with Gasteiger partial charge >= 0.3 is 6.18 Å². The molecular weight excluding hydrogens is 458 g/mol. The van der Waals surface area contributed by atoms with Gasteiger partial charge in [0.25, 0.3) is 5.56 Å². The standard InChI is InChI=1S/C19H10ClF4N5OS/c20-12-4-11(6-26-7-12)18-27-17(19(22,23)24)16(31-18)14-1-2-15(30)29(28-14)9-10-3-13(21)8-25-5-10/h1-8H,9H2. The minimum Gasteiger partial charge on any atom is -0.268 e. The summed E-state index contributed by atoms with van der Waals surface area (Å²) < 4.78 is 55.3. The Morgan fingerprint density at radius 2 is 1.84 bits per heavy atom. The molecule has 0 N–H and O–H groups in total. The SMILES string of the molecule is O=c1ccc(-c2sc(-c3cncc(Cl)c3)nc2C(F)(F)F)nn1Cc1cncc(F)c1. The summed E-state index contributed by atoms with van der Waals surface area (Å²) in [6.07, 6.45) is 0.269. The fourth-order valence-corrected chi connectivity index (χ4v) is 3.94. The van der Waals surface area contributed by atoms with Crippen molar-refractivity contribution in [1.82, 2.24) is 24.7 Å². The van der Waals surface area contributed by atoms with E-state index in [4.69, 9.17) is 11.6 Å². The van der Waals surface area contributed by atoms with Crippen LogP contribution in [0.2, 0.25) is 5.02 Å². The minimum atomic E-state index is -4.76. The molecule has 0 saturated heterocycles. The van der Waals surface area contributed by atoms with Crippen LogP contribution in [0.1, 0.15) is 11.3 Å². The number of pyridine rings is 2. The van der Waals surface area contributed by atoms with Crippen molar-refractivity contribution >= 4 is 22.9 Å². The topological polar surface area (TPSA) is 73.6 Å². The van der Waals surface area contributed by atoms with Crippen LogP contribution in [-0.4, -0.2) is 24.7 Å². The molecule has 0 aliphatic heterocycles. The van der Waals surface area contributed by atoms with Crippen LogP contribution in [0, 0.1) is 5.82 Å². The average molecular weight is 468 g/mol. The highest BCUT2D eigenvalue weighted by Crippen LogP contribution is 2.42. The second-order valence-electron chi connectivity index (χ2n) is 6.31. The van der Waals surface area contributed by atoms with E-state index in [0.29, 0.717) is 11.1 Å². The first-order valence-corrected chi connectivity index (χ1v) is 9.77. The summed E-state index contributed by atoms with van der Waals surface area (Å²) in [6, 6.07) is 4.88. The normalized spacial score (nSPS) is 11.6. The van der Waals surface area contributed by atoms with Crippen LogP contribution in [0.5, 0.6) is 0 Å². The third-order valence-electron chi connectivity index (χ3n) is 4.04. The maximum atomic E-state index is 13.7. The summed E-state index contributed by atoms with van der Waals surface area (Å²) in [6.45, 7) is -0.164. The molecule has 0 aliphatic rings. The number of alkyl halides is 3. The van der Waals surface area contributed by atoms with Crippen molar-refractivity contribution in [3.05, 3.63) is 81.5 Å². The Morgan fingerprint density at radius 3 is 2.55 bits per heavy atom. The molecule has 158 valence electrons. The molecule has 0 spiro atoms. The van der Waals surface area contributed by atoms with E-state index in [1.54, 1.807) is 0 Å². The van der Waals surface area contributed by atoms with Crippen LogP contribution in [0.15, 0.2) is 53.8 Å². The molecule has 4 heterocycles. The second-order valence-corrected chi connectivity index (χ2v) is 7.75. The maximum absolute atomic E-state index is 13.7. The maximum Gasteiger partial charge on any atom is 0.434 e. The van der Waals surface area contributed by atoms with Crippen molar-refractivity contribution in [2.24, 2.45) is 0 Å². The van der Waals surface area contributed by atoms with Gasteiger partial charge in [0.15, 0.2) is 5.69 Å². The highest BCUT2D eigenvalue weighted by atomic mass is 35.5. The van der Waals surface area contributed by atoms with Crippen LogP contribution < -0.4 is 5.56 Å². The Hall–Kier alpha value is -3.18. The van der Waals surface area contributed by atoms with E-state index in [-0.39, 0.29) is 27.1 Å². The molecular formula is C19H10ClF4N5OS. The summed E-state index contributed by atoms with van der Waals surface area (Å²) >= 11 is 6.63. The smallest absolute Gasteiger partial charge is 0.268 e. The van der Waals surface area contributed by atoms with Crippen molar-refractivity contribution < 1.29 is 17.6 Å². The summed E-state index contributed by atoms with van der Waals surface area (Å²) in [5.41, 5.74) is -1.16. The Balaban J connectivity index is 1.81. The van der Waals surface area contributed by atoms with Crippen molar-refractivity contribution in [2.45, 2.75) is 12.7 Å². The number of rotatable bonds is 4. The van der Waals surface area contributed by atoms with E-state index in [1.165, 1.54) is 30.7 Å². The molecule has 0 aromatic carbocycles. The number of nitrogens with zero attached hydrogens (tertiary/aromatic N) is 5. The number of hydrogen-bond acceptors (Lipinski definition) is 6. The molecule has 6 nitrogen and oxygen atoms in total. The lowest BCUT2D eigenvalue weighted by molar-refractivity contribution is -0.140. The molecule has 12 heteroatoms. The fourth-order valence-electron chi connectivity index (χ4n) is 2.74. The number of hydrogen-bond donors (Lipinski definition) is 0. The highest BCUT2D eigenvalue weighted by molar-refractivity contribution is 7.18. The molecule has 4 rings (SSSR count). The van der Waals surface area contributed by atoms with E-state index in [0.717, 1.165) is 34.3 Å². The predicted molar refractivity (Wildman–Crippen MR) is 106 cm³/mol. The van der Waals surface area contributed by atoms with E-state index in [1.807, 2.05) is 0 Å². The van der Waals surface area contributed by atoms with Gasteiger partial charge in [-0.25, -0.2) is 14.1 Å². The van der Waals surface area contributed by atoms with Crippen LogP contribution in [-0.2, 0) is 12.7 Å². The number of halogens is 5. The zero-order chi connectivity index (χ0) is 22.2. The number of thiazole rings is 1. The highest BCUT2D eigenvalue weighted by Gasteiger charge is 2.38. The summed E-state index contributed by atoms with van der Waals surface area (Å²) in [7, 11) is 0. The van der Waals surface area contributed by atoms with Crippen LogP contribution >= 0.6 is 22.9 Å².